The molecule has 25 heavy (non-hydrogen) atoms. The maximum Gasteiger partial charge on any atom is 0.329 e. The number of hydrogen-bond donors (Lipinski definition) is 2. The summed E-state index contributed by atoms with van der Waals surface area (Å²) in [6.45, 7) is 4.21. The molecule has 2 aromatic carbocycles. The molecular weight excluding hydrogens is 361 g/mol. The van der Waals surface area contributed by atoms with Crippen molar-refractivity contribution in [3.63, 3.8) is 0 Å². The minimum absolute atomic E-state index is 0.325. The van der Waals surface area contributed by atoms with Crippen molar-refractivity contribution in [3.05, 3.63) is 63.6 Å². The third kappa shape index (κ3) is 5.89. The number of halogens is 2. The Morgan fingerprint density at radius 1 is 1.00 bits per heavy atom. The summed E-state index contributed by atoms with van der Waals surface area (Å²) in [5.74, 6) is -1.33. The van der Waals surface area contributed by atoms with Crippen LogP contribution in [0.5, 0.6) is 0 Å². The first kappa shape index (κ1) is 19.0. The Balaban J connectivity index is 1.91. The average molecular weight is 378 g/mol. The highest BCUT2D eigenvalue weighted by atomic mass is 35.5. The molecule has 5 nitrogen and oxygen atoms in total. The number of anilines is 1. The van der Waals surface area contributed by atoms with Gasteiger partial charge in [0.2, 0.25) is 0 Å². The molecule has 0 unspecified atom stereocenters. The Labute approximate surface area is 156 Å². The predicted molar refractivity (Wildman–Crippen MR) is 101 cm³/mol. The van der Waals surface area contributed by atoms with E-state index in [4.69, 9.17) is 23.2 Å². The van der Waals surface area contributed by atoms with Gasteiger partial charge in [-0.05, 0) is 35.2 Å². The summed E-state index contributed by atoms with van der Waals surface area (Å²) in [5, 5.41) is 6.88. The monoisotopic (exact) mass is 377 g/mol. The molecule has 2 aromatic rings. The molecule has 130 valence electrons. The van der Waals surface area contributed by atoms with Crippen LogP contribution in [0.4, 0.5) is 5.69 Å². The van der Waals surface area contributed by atoms with Gasteiger partial charge in [0, 0.05) is 15.7 Å². The van der Waals surface area contributed by atoms with Gasteiger partial charge in [0.15, 0.2) is 0 Å². The normalized spacial score (nSPS) is 10.9. The van der Waals surface area contributed by atoms with Gasteiger partial charge in [-0.1, -0.05) is 61.3 Å². The minimum Gasteiger partial charge on any atom is -0.318 e. The second-order valence-electron chi connectivity index (χ2n) is 5.63. The van der Waals surface area contributed by atoms with Crippen molar-refractivity contribution >= 4 is 46.9 Å². The number of hydrogen-bond acceptors (Lipinski definition) is 3. The molecule has 0 saturated heterocycles. The summed E-state index contributed by atoms with van der Waals surface area (Å²) >= 11 is 11.7. The van der Waals surface area contributed by atoms with Crippen LogP contribution in [0.1, 0.15) is 30.9 Å². The quantitative estimate of drug-likeness (QED) is 0.476. The van der Waals surface area contributed by atoms with Crippen molar-refractivity contribution in [3.8, 4) is 0 Å². The molecular formula is C18H17Cl2N3O2. The molecule has 0 saturated carbocycles. The Morgan fingerprint density at radius 2 is 1.60 bits per heavy atom. The van der Waals surface area contributed by atoms with Crippen LogP contribution in [-0.4, -0.2) is 18.0 Å². The fourth-order valence-corrected chi connectivity index (χ4v) is 2.52. The van der Waals surface area contributed by atoms with Gasteiger partial charge in [0.1, 0.15) is 0 Å². The van der Waals surface area contributed by atoms with Crippen LogP contribution in [0.3, 0.4) is 0 Å². The van der Waals surface area contributed by atoms with Crippen LogP contribution in [0.2, 0.25) is 10.0 Å². The van der Waals surface area contributed by atoms with Gasteiger partial charge in [-0.25, -0.2) is 5.43 Å². The number of carbonyl (C=O) groups excluding carboxylic acids is 2. The van der Waals surface area contributed by atoms with E-state index < -0.39 is 11.8 Å². The van der Waals surface area contributed by atoms with Crippen LogP contribution in [0.15, 0.2) is 47.6 Å². The van der Waals surface area contributed by atoms with Crippen LogP contribution in [0, 0.1) is 0 Å². The number of nitrogens with zero attached hydrogens (tertiary/aromatic N) is 1. The lowest BCUT2D eigenvalue weighted by atomic mass is 10.0. The van der Waals surface area contributed by atoms with Crippen molar-refractivity contribution in [2.75, 3.05) is 5.32 Å². The van der Waals surface area contributed by atoms with Gasteiger partial charge in [-0.3, -0.25) is 9.59 Å². The van der Waals surface area contributed by atoms with Gasteiger partial charge in [0.05, 0.1) is 6.21 Å². The SMILES string of the molecule is CC(C)c1ccc(C=NNC(=O)C(=O)Nc2cc(Cl)cc(Cl)c2)cc1. The molecule has 0 bridgehead atoms. The topological polar surface area (TPSA) is 70.6 Å². The van der Waals surface area contributed by atoms with Crippen molar-refractivity contribution in [1.29, 1.82) is 0 Å². The van der Waals surface area contributed by atoms with Gasteiger partial charge < -0.3 is 5.32 Å². The summed E-state index contributed by atoms with van der Waals surface area (Å²) < 4.78 is 0. The molecule has 0 spiro atoms. The zero-order valence-corrected chi connectivity index (χ0v) is 15.2. The smallest absolute Gasteiger partial charge is 0.318 e. The summed E-state index contributed by atoms with van der Waals surface area (Å²) in [7, 11) is 0. The molecule has 2 amide bonds. The standard InChI is InChI=1S/C18H17Cl2N3O2/c1-11(2)13-5-3-12(4-6-13)10-21-23-18(25)17(24)22-16-8-14(19)7-15(20)9-16/h3-11H,1-2H3,(H,22,24)(H,23,25). The molecule has 0 aliphatic carbocycles. The highest BCUT2D eigenvalue weighted by Crippen LogP contribution is 2.22. The number of nitrogens with one attached hydrogen (secondary N) is 2. The third-order valence-electron chi connectivity index (χ3n) is 3.31. The largest absolute Gasteiger partial charge is 0.329 e. The fourth-order valence-electron chi connectivity index (χ4n) is 2.00. The molecule has 2 rings (SSSR count). The number of amides is 2. The molecule has 0 aromatic heterocycles. The first-order chi connectivity index (χ1) is 11.8. The zero-order valence-electron chi connectivity index (χ0n) is 13.7. The molecule has 2 N–H and O–H groups in total. The molecule has 7 heteroatoms. The van der Waals surface area contributed by atoms with Crippen LogP contribution < -0.4 is 10.7 Å². The average Bonchev–Trinajstić information content (AvgIpc) is 2.54. The Hall–Kier alpha value is -2.37. The van der Waals surface area contributed by atoms with E-state index in [1.165, 1.54) is 30.0 Å². The Bertz CT molecular complexity index is 782. The zero-order chi connectivity index (χ0) is 18.4. The van der Waals surface area contributed by atoms with E-state index in [2.05, 4.69) is 29.7 Å². The molecule has 0 atom stereocenters. The summed E-state index contributed by atoms with van der Waals surface area (Å²) in [6, 6.07) is 12.2. The fraction of sp³-hybridized carbons (Fsp3) is 0.167. The maximum atomic E-state index is 11.8. The Kier molecular flexibility index (Phi) is 6.56. The second kappa shape index (κ2) is 8.65. The molecule has 0 heterocycles. The van der Waals surface area contributed by atoms with E-state index in [-0.39, 0.29) is 0 Å². The second-order valence-corrected chi connectivity index (χ2v) is 6.51. The van der Waals surface area contributed by atoms with Gasteiger partial charge in [-0.15, -0.1) is 0 Å². The molecule has 0 radical (unpaired) electrons. The van der Waals surface area contributed by atoms with E-state index in [1.54, 1.807) is 0 Å². The summed E-state index contributed by atoms with van der Waals surface area (Å²) in [4.78, 5) is 23.6. The molecule has 0 aliphatic rings. The summed E-state index contributed by atoms with van der Waals surface area (Å²) in [5.41, 5.74) is 4.52. The molecule has 0 aliphatic heterocycles. The summed E-state index contributed by atoms with van der Waals surface area (Å²) in [6.07, 6.45) is 1.46. The van der Waals surface area contributed by atoms with Crippen molar-refractivity contribution in [2.24, 2.45) is 5.10 Å². The first-order valence-electron chi connectivity index (χ1n) is 7.55. The highest BCUT2D eigenvalue weighted by molar-refractivity contribution is 6.40. The van der Waals surface area contributed by atoms with E-state index in [0.29, 0.717) is 21.7 Å². The number of carbonyl (C=O) groups is 2. The lowest BCUT2D eigenvalue weighted by Crippen LogP contribution is -2.32. The van der Waals surface area contributed by atoms with Crippen LogP contribution in [-0.2, 0) is 9.59 Å². The van der Waals surface area contributed by atoms with E-state index in [1.807, 2.05) is 24.3 Å². The number of rotatable bonds is 4. The van der Waals surface area contributed by atoms with Gasteiger partial charge in [-0.2, -0.15) is 5.10 Å². The maximum absolute atomic E-state index is 11.8. The van der Waals surface area contributed by atoms with Crippen LogP contribution >= 0.6 is 23.2 Å². The Morgan fingerprint density at radius 3 is 2.16 bits per heavy atom. The number of hydrazone groups is 1. The van der Waals surface area contributed by atoms with E-state index in [9.17, 15) is 9.59 Å². The lowest BCUT2D eigenvalue weighted by molar-refractivity contribution is -0.136. The van der Waals surface area contributed by atoms with E-state index in [0.717, 1.165) is 5.56 Å². The first-order valence-corrected chi connectivity index (χ1v) is 8.31. The van der Waals surface area contributed by atoms with Crippen molar-refractivity contribution in [1.82, 2.24) is 5.43 Å². The predicted octanol–water partition coefficient (Wildman–Crippen LogP) is 4.21. The van der Waals surface area contributed by atoms with E-state index >= 15 is 0 Å². The van der Waals surface area contributed by atoms with Crippen molar-refractivity contribution < 1.29 is 9.59 Å². The lowest BCUT2D eigenvalue weighted by Gasteiger charge is -2.05. The minimum atomic E-state index is -0.897. The number of benzene rings is 2. The van der Waals surface area contributed by atoms with Gasteiger partial charge in [0.25, 0.3) is 0 Å². The third-order valence-corrected chi connectivity index (χ3v) is 3.75. The van der Waals surface area contributed by atoms with Crippen LogP contribution in [0.25, 0.3) is 0 Å². The van der Waals surface area contributed by atoms with Crippen molar-refractivity contribution in [2.45, 2.75) is 19.8 Å². The molecule has 0 fully saturated rings. The highest BCUT2D eigenvalue weighted by Gasteiger charge is 2.13. The van der Waals surface area contributed by atoms with Gasteiger partial charge >= 0.3 is 11.8 Å².